The summed E-state index contributed by atoms with van der Waals surface area (Å²) in [5, 5.41) is 18.5. The molecule has 0 saturated carbocycles. The number of benzene rings is 1. The standard InChI is InChI=1S/C12H20N2O4/c13-5-9(15)7-17-11-1-2-12(4-3-11)18-8-10(16)6-14/h1-4,9-10,15-16H,5-8,13-14H2. The topological polar surface area (TPSA) is 111 Å². The molecule has 0 heterocycles. The van der Waals surface area contributed by atoms with Crippen molar-refractivity contribution in [3.05, 3.63) is 24.3 Å². The van der Waals surface area contributed by atoms with Crippen molar-refractivity contribution in [2.75, 3.05) is 26.3 Å². The van der Waals surface area contributed by atoms with Crippen LogP contribution in [0.3, 0.4) is 0 Å². The zero-order valence-corrected chi connectivity index (χ0v) is 10.2. The summed E-state index contributed by atoms with van der Waals surface area (Å²) in [7, 11) is 0. The van der Waals surface area contributed by atoms with Crippen LogP contribution < -0.4 is 20.9 Å². The Morgan fingerprint density at radius 1 is 0.833 bits per heavy atom. The van der Waals surface area contributed by atoms with Gasteiger partial charge in [0.2, 0.25) is 0 Å². The Bertz CT molecular complexity index is 298. The van der Waals surface area contributed by atoms with Crippen molar-refractivity contribution >= 4 is 0 Å². The fourth-order valence-electron chi connectivity index (χ4n) is 1.15. The lowest BCUT2D eigenvalue weighted by molar-refractivity contribution is 0.112. The summed E-state index contributed by atoms with van der Waals surface area (Å²) < 4.78 is 10.6. The molecule has 0 radical (unpaired) electrons. The number of aliphatic hydroxyl groups excluding tert-OH is 2. The highest BCUT2D eigenvalue weighted by Crippen LogP contribution is 2.17. The summed E-state index contributed by atoms with van der Waals surface area (Å²) in [6.45, 7) is 0.640. The molecule has 0 saturated heterocycles. The summed E-state index contributed by atoms with van der Waals surface area (Å²) in [5.74, 6) is 1.24. The molecule has 0 bridgehead atoms. The number of hydrogen-bond donors (Lipinski definition) is 4. The average Bonchev–Trinajstić information content (AvgIpc) is 2.43. The molecule has 1 aromatic rings. The number of nitrogens with two attached hydrogens (primary N) is 2. The lowest BCUT2D eigenvalue weighted by Gasteiger charge is -2.12. The fourth-order valence-corrected chi connectivity index (χ4v) is 1.15. The van der Waals surface area contributed by atoms with Crippen LogP contribution in [-0.2, 0) is 0 Å². The highest BCUT2D eigenvalue weighted by molar-refractivity contribution is 5.31. The molecule has 0 spiro atoms. The van der Waals surface area contributed by atoms with Gasteiger partial charge in [0.05, 0.1) is 0 Å². The van der Waals surface area contributed by atoms with E-state index >= 15 is 0 Å². The van der Waals surface area contributed by atoms with Crippen molar-refractivity contribution in [3.8, 4) is 11.5 Å². The molecular formula is C12H20N2O4. The monoisotopic (exact) mass is 256 g/mol. The maximum absolute atomic E-state index is 9.23. The molecule has 0 aliphatic carbocycles. The van der Waals surface area contributed by atoms with Gasteiger partial charge in [0.15, 0.2) is 0 Å². The van der Waals surface area contributed by atoms with E-state index in [1.807, 2.05) is 0 Å². The molecule has 0 aromatic heterocycles. The molecule has 2 unspecified atom stereocenters. The van der Waals surface area contributed by atoms with Crippen LogP contribution in [0.15, 0.2) is 24.3 Å². The molecule has 0 aliphatic heterocycles. The SMILES string of the molecule is NCC(O)COc1ccc(OCC(O)CN)cc1. The Hall–Kier alpha value is -1.34. The van der Waals surface area contributed by atoms with Gasteiger partial charge in [0, 0.05) is 13.1 Å². The Morgan fingerprint density at radius 2 is 1.17 bits per heavy atom. The van der Waals surface area contributed by atoms with E-state index in [-0.39, 0.29) is 26.3 Å². The van der Waals surface area contributed by atoms with Gasteiger partial charge in [-0.2, -0.15) is 0 Å². The molecule has 0 aliphatic rings. The predicted octanol–water partition coefficient (Wildman–Crippen LogP) is -0.917. The van der Waals surface area contributed by atoms with Crippen LogP contribution in [-0.4, -0.2) is 48.7 Å². The molecule has 1 rings (SSSR count). The first-order valence-electron chi connectivity index (χ1n) is 5.77. The Labute approximate surface area is 106 Å². The second-order valence-electron chi connectivity index (χ2n) is 3.87. The van der Waals surface area contributed by atoms with Crippen LogP contribution in [0.2, 0.25) is 0 Å². The van der Waals surface area contributed by atoms with E-state index in [4.69, 9.17) is 20.9 Å². The maximum Gasteiger partial charge on any atom is 0.119 e. The van der Waals surface area contributed by atoms with Crippen LogP contribution in [0, 0.1) is 0 Å². The lowest BCUT2D eigenvalue weighted by atomic mass is 10.3. The molecule has 0 amide bonds. The number of ether oxygens (including phenoxy) is 2. The Balaban J connectivity index is 2.37. The normalized spacial score (nSPS) is 14.0. The van der Waals surface area contributed by atoms with Crippen molar-refractivity contribution in [2.24, 2.45) is 11.5 Å². The minimum atomic E-state index is -0.666. The Morgan fingerprint density at radius 3 is 1.44 bits per heavy atom. The second kappa shape index (κ2) is 7.88. The zero-order chi connectivity index (χ0) is 13.4. The third-order valence-corrected chi connectivity index (χ3v) is 2.25. The third kappa shape index (κ3) is 5.33. The first-order valence-corrected chi connectivity index (χ1v) is 5.77. The summed E-state index contributed by atoms with van der Waals surface area (Å²) in [4.78, 5) is 0. The van der Waals surface area contributed by atoms with Crippen molar-refractivity contribution in [3.63, 3.8) is 0 Å². The maximum atomic E-state index is 9.23. The molecule has 6 nitrogen and oxygen atoms in total. The van der Waals surface area contributed by atoms with E-state index in [2.05, 4.69) is 0 Å². The summed E-state index contributed by atoms with van der Waals surface area (Å²) in [5.41, 5.74) is 10.5. The van der Waals surface area contributed by atoms with E-state index in [1.54, 1.807) is 24.3 Å². The lowest BCUT2D eigenvalue weighted by Crippen LogP contribution is -2.26. The zero-order valence-electron chi connectivity index (χ0n) is 10.2. The summed E-state index contributed by atoms with van der Waals surface area (Å²) >= 11 is 0. The van der Waals surface area contributed by atoms with Crippen LogP contribution in [0.25, 0.3) is 0 Å². The van der Waals surface area contributed by atoms with Crippen LogP contribution in [0.1, 0.15) is 0 Å². The van der Waals surface area contributed by atoms with Crippen LogP contribution >= 0.6 is 0 Å². The highest BCUT2D eigenvalue weighted by atomic mass is 16.5. The molecule has 0 fully saturated rings. The van der Waals surface area contributed by atoms with Gasteiger partial charge in [-0.1, -0.05) is 0 Å². The average molecular weight is 256 g/mol. The van der Waals surface area contributed by atoms with E-state index in [0.717, 1.165) is 0 Å². The molecular weight excluding hydrogens is 236 g/mol. The third-order valence-electron chi connectivity index (χ3n) is 2.25. The molecule has 102 valence electrons. The van der Waals surface area contributed by atoms with Gasteiger partial charge in [-0.3, -0.25) is 0 Å². The molecule has 1 aromatic carbocycles. The van der Waals surface area contributed by atoms with Gasteiger partial charge >= 0.3 is 0 Å². The van der Waals surface area contributed by atoms with Crippen LogP contribution in [0.5, 0.6) is 11.5 Å². The Kier molecular flexibility index (Phi) is 6.45. The highest BCUT2D eigenvalue weighted by Gasteiger charge is 2.04. The van der Waals surface area contributed by atoms with Gasteiger partial charge in [-0.25, -0.2) is 0 Å². The first-order chi connectivity index (χ1) is 8.65. The summed E-state index contributed by atoms with van der Waals surface area (Å²) in [6, 6.07) is 6.86. The van der Waals surface area contributed by atoms with Crippen molar-refractivity contribution < 1.29 is 19.7 Å². The van der Waals surface area contributed by atoms with E-state index < -0.39 is 12.2 Å². The summed E-state index contributed by atoms with van der Waals surface area (Å²) in [6.07, 6.45) is -1.33. The number of rotatable bonds is 8. The van der Waals surface area contributed by atoms with Crippen LogP contribution in [0.4, 0.5) is 0 Å². The number of hydrogen-bond acceptors (Lipinski definition) is 6. The van der Waals surface area contributed by atoms with Gasteiger partial charge < -0.3 is 31.2 Å². The molecule has 6 N–H and O–H groups in total. The molecule has 2 atom stereocenters. The smallest absolute Gasteiger partial charge is 0.119 e. The minimum Gasteiger partial charge on any atom is -0.491 e. The van der Waals surface area contributed by atoms with Crippen molar-refractivity contribution in [1.29, 1.82) is 0 Å². The first kappa shape index (κ1) is 14.7. The van der Waals surface area contributed by atoms with Crippen molar-refractivity contribution in [1.82, 2.24) is 0 Å². The van der Waals surface area contributed by atoms with Gasteiger partial charge in [0.25, 0.3) is 0 Å². The second-order valence-corrected chi connectivity index (χ2v) is 3.87. The van der Waals surface area contributed by atoms with Gasteiger partial charge in [0.1, 0.15) is 36.9 Å². The molecule has 18 heavy (non-hydrogen) atoms. The fraction of sp³-hybridized carbons (Fsp3) is 0.500. The number of aliphatic hydroxyl groups is 2. The minimum absolute atomic E-state index is 0.155. The quantitative estimate of drug-likeness (QED) is 0.479. The van der Waals surface area contributed by atoms with Gasteiger partial charge in [-0.15, -0.1) is 0 Å². The molecule has 6 heteroatoms. The predicted molar refractivity (Wildman–Crippen MR) is 67.6 cm³/mol. The van der Waals surface area contributed by atoms with Crippen molar-refractivity contribution in [2.45, 2.75) is 12.2 Å². The largest absolute Gasteiger partial charge is 0.491 e. The van der Waals surface area contributed by atoms with Gasteiger partial charge in [-0.05, 0) is 24.3 Å². The van der Waals surface area contributed by atoms with E-state index in [9.17, 15) is 10.2 Å². The van der Waals surface area contributed by atoms with E-state index in [1.165, 1.54) is 0 Å². The van der Waals surface area contributed by atoms with E-state index in [0.29, 0.717) is 11.5 Å².